The zero-order chi connectivity index (χ0) is 24.2. The molecule has 35 heavy (non-hydrogen) atoms. The van der Waals surface area contributed by atoms with Crippen molar-refractivity contribution in [2.45, 2.75) is 37.3 Å². The standard InChI is InChI=1S/C30H31N3O2/c31-19-23-8-10-24(11-9-23)25-12-14-26(15-13-25)30-27-20-32(16-4-5-17-33(27)28(30)21-34)29(35)18-22-6-2-1-3-7-22/h1-3,6-15,27-28,30,34H,4-5,16-18,20-21H2/t27-,28-,30-/m0/s1. The van der Waals surface area contributed by atoms with E-state index in [1.54, 1.807) is 0 Å². The normalized spacial score (nSPS) is 22.3. The van der Waals surface area contributed by atoms with E-state index in [0.29, 0.717) is 18.5 Å². The summed E-state index contributed by atoms with van der Waals surface area (Å²) in [6, 6.07) is 28.6. The van der Waals surface area contributed by atoms with Crippen LogP contribution in [0.1, 0.15) is 35.4 Å². The third-order valence-corrected chi connectivity index (χ3v) is 7.56. The minimum atomic E-state index is 0.0879. The molecule has 5 heteroatoms. The number of aliphatic hydroxyl groups excluding tert-OH is 1. The van der Waals surface area contributed by atoms with Gasteiger partial charge in [0.1, 0.15) is 0 Å². The largest absolute Gasteiger partial charge is 0.395 e. The van der Waals surface area contributed by atoms with Gasteiger partial charge in [0.05, 0.1) is 24.7 Å². The van der Waals surface area contributed by atoms with E-state index in [0.717, 1.165) is 42.6 Å². The Balaban J connectivity index is 1.34. The average Bonchev–Trinajstić information content (AvgIpc) is 2.89. The van der Waals surface area contributed by atoms with E-state index < -0.39 is 0 Å². The second kappa shape index (κ2) is 10.4. The molecular formula is C30H31N3O2. The molecule has 0 unspecified atom stereocenters. The summed E-state index contributed by atoms with van der Waals surface area (Å²) in [6.45, 7) is 2.58. The maximum Gasteiger partial charge on any atom is 0.227 e. The van der Waals surface area contributed by atoms with Gasteiger partial charge in [0, 0.05) is 31.1 Å². The van der Waals surface area contributed by atoms with Crippen LogP contribution >= 0.6 is 0 Å². The Morgan fingerprint density at radius 3 is 2.23 bits per heavy atom. The Morgan fingerprint density at radius 1 is 0.914 bits per heavy atom. The molecular weight excluding hydrogens is 434 g/mol. The first-order valence-corrected chi connectivity index (χ1v) is 12.5. The van der Waals surface area contributed by atoms with Gasteiger partial charge < -0.3 is 10.0 Å². The molecule has 3 aromatic rings. The zero-order valence-electron chi connectivity index (χ0n) is 19.9. The van der Waals surface area contributed by atoms with Crippen LogP contribution in [0.4, 0.5) is 0 Å². The van der Waals surface area contributed by atoms with Crippen LogP contribution in [0.15, 0.2) is 78.9 Å². The van der Waals surface area contributed by atoms with Crippen LogP contribution in [0, 0.1) is 11.3 Å². The molecule has 2 saturated heterocycles. The molecule has 0 saturated carbocycles. The summed E-state index contributed by atoms with van der Waals surface area (Å²) in [6.07, 6.45) is 2.46. The van der Waals surface area contributed by atoms with Gasteiger partial charge in [-0.2, -0.15) is 5.26 Å². The van der Waals surface area contributed by atoms with Gasteiger partial charge in [-0.3, -0.25) is 9.69 Å². The van der Waals surface area contributed by atoms with Crippen molar-refractivity contribution in [3.8, 4) is 17.2 Å². The van der Waals surface area contributed by atoms with Crippen LogP contribution in [-0.2, 0) is 11.2 Å². The molecule has 1 amide bonds. The number of nitrogens with zero attached hydrogens (tertiary/aromatic N) is 3. The first kappa shape index (κ1) is 23.3. The number of carbonyl (C=O) groups excluding carboxylic acids is 1. The van der Waals surface area contributed by atoms with Gasteiger partial charge in [0.25, 0.3) is 0 Å². The first-order valence-electron chi connectivity index (χ1n) is 12.5. The number of aliphatic hydroxyl groups is 1. The molecule has 0 bridgehead atoms. The van der Waals surface area contributed by atoms with Crippen molar-refractivity contribution in [1.29, 1.82) is 5.26 Å². The van der Waals surface area contributed by atoms with Gasteiger partial charge in [0.15, 0.2) is 0 Å². The van der Waals surface area contributed by atoms with Gasteiger partial charge >= 0.3 is 0 Å². The summed E-state index contributed by atoms with van der Waals surface area (Å²) < 4.78 is 0. The van der Waals surface area contributed by atoms with Crippen LogP contribution in [-0.4, -0.2) is 59.1 Å². The van der Waals surface area contributed by atoms with Crippen LogP contribution in [0.2, 0.25) is 0 Å². The highest BCUT2D eigenvalue weighted by atomic mass is 16.3. The number of carbonyl (C=O) groups is 1. The zero-order valence-corrected chi connectivity index (χ0v) is 19.9. The van der Waals surface area contributed by atoms with Crippen LogP contribution in [0.5, 0.6) is 0 Å². The van der Waals surface area contributed by atoms with Gasteiger partial charge in [0.2, 0.25) is 5.91 Å². The second-order valence-corrected chi connectivity index (χ2v) is 9.60. The van der Waals surface area contributed by atoms with Crippen molar-refractivity contribution in [2.75, 3.05) is 26.2 Å². The van der Waals surface area contributed by atoms with E-state index in [1.807, 2.05) is 59.5 Å². The molecule has 0 aromatic heterocycles. The Morgan fingerprint density at radius 2 is 1.57 bits per heavy atom. The summed E-state index contributed by atoms with van der Waals surface area (Å²) in [5.74, 6) is 0.376. The number of hydrogen-bond acceptors (Lipinski definition) is 4. The van der Waals surface area contributed by atoms with E-state index in [-0.39, 0.29) is 30.5 Å². The lowest BCUT2D eigenvalue weighted by Crippen LogP contribution is -2.68. The Hall–Kier alpha value is -3.46. The molecule has 2 fully saturated rings. The van der Waals surface area contributed by atoms with E-state index in [9.17, 15) is 9.90 Å². The molecule has 3 atom stereocenters. The fourth-order valence-electron chi connectivity index (χ4n) is 5.68. The van der Waals surface area contributed by atoms with E-state index in [2.05, 4.69) is 35.2 Å². The molecule has 2 aliphatic heterocycles. The Labute approximate surface area is 207 Å². The third-order valence-electron chi connectivity index (χ3n) is 7.56. The average molecular weight is 466 g/mol. The predicted octanol–water partition coefficient (Wildman–Crippen LogP) is 4.22. The van der Waals surface area contributed by atoms with E-state index in [1.165, 1.54) is 5.56 Å². The molecule has 1 N–H and O–H groups in total. The molecule has 0 spiro atoms. The summed E-state index contributed by atoms with van der Waals surface area (Å²) in [5.41, 5.74) is 5.09. The minimum absolute atomic E-state index is 0.0879. The van der Waals surface area contributed by atoms with Crippen molar-refractivity contribution in [3.05, 3.63) is 95.6 Å². The highest BCUT2D eigenvalue weighted by molar-refractivity contribution is 5.79. The van der Waals surface area contributed by atoms with Gasteiger partial charge in [-0.25, -0.2) is 0 Å². The molecule has 5 nitrogen and oxygen atoms in total. The molecule has 5 rings (SSSR count). The summed E-state index contributed by atoms with van der Waals surface area (Å²) in [4.78, 5) is 17.6. The van der Waals surface area contributed by atoms with Crippen molar-refractivity contribution < 1.29 is 9.90 Å². The fourth-order valence-corrected chi connectivity index (χ4v) is 5.68. The van der Waals surface area contributed by atoms with Crippen molar-refractivity contribution >= 4 is 5.91 Å². The Kier molecular flexibility index (Phi) is 6.94. The number of benzene rings is 3. The number of amides is 1. The van der Waals surface area contributed by atoms with Crippen molar-refractivity contribution in [3.63, 3.8) is 0 Å². The molecule has 2 aliphatic rings. The highest BCUT2D eigenvalue weighted by Gasteiger charge is 2.49. The summed E-state index contributed by atoms with van der Waals surface area (Å²) in [5, 5.41) is 19.3. The Bertz CT molecular complexity index is 1190. The number of nitriles is 1. The fraction of sp³-hybridized carbons (Fsp3) is 0.333. The maximum atomic E-state index is 13.2. The van der Waals surface area contributed by atoms with Crippen LogP contribution < -0.4 is 0 Å². The molecule has 3 aromatic carbocycles. The third kappa shape index (κ3) is 4.86. The molecule has 178 valence electrons. The number of hydrogen-bond donors (Lipinski definition) is 1. The predicted molar refractivity (Wildman–Crippen MR) is 137 cm³/mol. The first-order chi connectivity index (χ1) is 17.2. The highest BCUT2D eigenvalue weighted by Crippen LogP contribution is 2.42. The van der Waals surface area contributed by atoms with Crippen molar-refractivity contribution in [1.82, 2.24) is 9.80 Å². The van der Waals surface area contributed by atoms with Gasteiger partial charge in [-0.15, -0.1) is 0 Å². The van der Waals surface area contributed by atoms with Crippen molar-refractivity contribution in [2.24, 2.45) is 0 Å². The quantitative estimate of drug-likeness (QED) is 0.613. The lowest BCUT2D eigenvalue weighted by atomic mass is 9.74. The van der Waals surface area contributed by atoms with Gasteiger partial charge in [-0.1, -0.05) is 66.7 Å². The number of rotatable bonds is 5. The second-order valence-electron chi connectivity index (χ2n) is 9.60. The van der Waals surface area contributed by atoms with E-state index in [4.69, 9.17) is 5.26 Å². The van der Waals surface area contributed by atoms with Gasteiger partial charge in [-0.05, 0) is 53.8 Å². The molecule has 2 heterocycles. The monoisotopic (exact) mass is 465 g/mol. The summed E-state index contributed by atoms with van der Waals surface area (Å²) in [7, 11) is 0. The minimum Gasteiger partial charge on any atom is -0.395 e. The lowest BCUT2D eigenvalue weighted by molar-refractivity contribution is -0.135. The number of fused-ring (bicyclic) bond motifs is 1. The van der Waals surface area contributed by atoms with Crippen LogP contribution in [0.25, 0.3) is 11.1 Å². The van der Waals surface area contributed by atoms with E-state index >= 15 is 0 Å². The lowest BCUT2D eigenvalue weighted by Gasteiger charge is -2.57. The smallest absolute Gasteiger partial charge is 0.227 e. The molecule has 0 radical (unpaired) electrons. The topological polar surface area (TPSA) is 67.6 Å². The summed E-state index contributed by atoms with van der Waals surface area (Å²) >= 11 is 0. The maximum absolute atomic E-state index is 13.2. The van der Waals surface area contributed by atoms with Crippen LogP contribution in [0.3, 0.4) is 0 Å². The molecule has 0 aliphatic carbocycles. The SMILES string of the molecule is N#Cc1ccc(-c2ccc([C@@H]3[C@H](CO)N4CCCCN(C(=O)Cc5ccccc5)C[C@@H]34)cc2)cc1.